The van der Waals surface area contributed by atoms with Crippen molar-refractivity contribution in [3.8, 4) is 0 Å². The average molecular weight is 160 g/mol. The lowest BCUT2D eigenvalue weighted by Gasteiger charge is -1.94. The Kier molecular flexibility index (Phi) is 1.98. The summed E-state index contributed by atoms with van der Waals surface area (Å²) in [6.07, 6.45) is 1.52. The molecule has 0 saturated heterocycles. The number of halogens is 2. The first-order valence-electron chi connectivity index (χ1n) is 2.94. The zero-order valence-corrected chi connectivity index (χ0v) is 5.79. The van der Waals surface area contributed by atoms with E-state index in [2.05, 4.69) is 5.10 Å². The number of rotatable bonds is 2. The molecule has 0 amide bonds. The van der Waals surface area contributed by atoms with E-state index in [-0.39, 0.29) is 5.56 Å². The Morgan fingerprint density at radius 3 is 2.64 bits per heavy atom. The third kappa shape index (κ3) is 1.42. The van der Waals surface area contributed by atoms with Gasteiger partial charge in [0.1, 0.15) is 0 Å². The largest absolute Gasteiger partial charge is 0.333 e. The van der Waals surface area contributed by atoms with E-state index in [1.807, 2.05) is 0 Å². The van der Waals surface area contributed by atoms with Crippen molar-refractivity contribution >= 4 is 6.29 Å². The Balaban J connectivity index is 3.04. The lowest BCUT2D eigenvalue weighted by molar-refractivity contribution is 0.0562. The van der Waals surface area contributed by atoms with Gasteiger partial charge in [0.25, 0.3) is 0 Å². The van der Waals surface area contributed by atoms with Gasteiger partial charge in [-0.2, -0.15) is 13.9 Å². The van der Waals surface area contributed by atoms with Crippen molar-refractivity contribution in [3.05, 3.63) is 17.5 Å². The molecule has 60 valence electrons. The number of alkyl halides is 2. The summed E-state index contributed by atoms with van der Waals surface area (Å²) in [5.74, 6) is 0. The van der Waals surface area contributed by atoms with E-state index >= 15 is 0 Å². The van der Waals surface area contributed by atoms with Gasteiger partial charge in [-0.25, -0.2) is 4.68 Å². The van der Waals surface area contributed by atoms with Crippen LogP contribution >= 0.6 is 0 Å². The fourth-order valence-corrected chi connectivity index (χ4v) is 0.711. The van der Waals surface area contributed by atoms with Crippen molar-refractivity contribution in [1.29, 1.82) is 0 Å². The molecule has 0 aliphatic rings. The number of hydrogen-bond donors (Lipinski definition) is 0. The zero-order chi connectivity index (χ0) is 8.43. The Labute approximate surface area is 61.6 Å². The molecule has 0 saturated carbocycles. The van der Waals surface area contributed by atoms with Crippen molar-refractivity contribution in [2.45, 2.75) is 13.5 Å². The van der Waals surface area contributed by atoms with Crippen molar-refractivity contribution < 1.29 is 13.6 Å². The van der Waals surface area contributed by atoms with Gasteiger partial charge in [0.2, 0.25) is 0 Å². The summed E-state index contributed by atoms with van der Waals surface area (Å²) in [6.45, 7) is -1.18. The molecule has 11 heavy (non-hydrogen) atoms. The number of aldehydes is 1. The van der Waals surface area contributed by atoms with E-state index in [0.717, 1.165) is 6.20 Å². The number of aromatic nitrogens is 2. The van der Waals surface area contributed by atoms with Crippen LogP contribution in [0.25, 0.3) is 0 Å². The molecule has 5 heteroatoms. The molecule has 0 radical (unpaired) electrons. The van der Waals surface area contributed by atoms with Crippen molar-refractivity contribution in [3.63, 3.8) is 0 Å². The molecule has 0 unspecified atom stereocenters. The molecule has 0 bridgehead atoms. The molecule has 0 aromatic carbocycles. The second kappa shape index (κ2) is 2.77. The predicted molar refractivity (Wildman–Crippen MR) is 33.6 cm³/mol. The zero-order valence-electron chi connectivity index (χ0n) is 5.79. The van der Waals surface area contributed by atoms with E-state index in [4.69, 9.17) is 0 Å². The van der Waals surface area contributed by atoms with Gasteiger partial charge in [-0.3, -0.25) is 4.79 Å². The van der Waals surface area contributed by atoms with Crippen LogP contribution in [-0.4, -0.2) is 16.1 Å². The maximum Gasteiger partial charge on any atom is 0.333 e. The molecule has 0 aliphatic carbocycles. The molecule has 0 fully saturated rings. The quantitative estimate of drug-likeness (QED) is 0.613. The molecule has 0 N–H and O–H groups in total. The Morgan fingerprint density at radius 2 is 2.36 bits per heavy atom. The normalized spacial score (nSPS) is 10.5. The van der Waals surface area contributed by atoms with Crippen LogP contribution in [0.1, 0.15) is 22.6 Å². The van der Waals surface area contributed by atoms with Crippen LogP contribution < -0.4 is 0 Å². The van der Waals surface area contributed by atoms with Crippen LogP contribution in [0.4, 0.5) is 8.78 Å². The van der Waals surface area contributed by atoms with E-state index in [1.165, 1.54) is 6.92 Å². The van der Waals surface area contributed by atoms with Crippen LogP contribution in [0, 0.1) is 6.92 Å². The van der Waals surface area contributed by atoms with Crippen molar-refractivity contribution in [1.82, 2.24) is 9.78 Å². The number of carbonyl (C=O) groups excluding carboxylic acids is 1. The van der Waals surface area contributed by atoms with Crippen molar-refractivity contribution in [2.75, 3.05) is 0 Å². The minimum atomic E-state index is -2.68. The summed E-state index contributed by atoms with van der Waals surface area (Å²) in [6, 6.07) is 0. The lowest BCUT2D eigenvalue weighted by Crippen LogP contribution is -1.97. The first-order chi connectivity index (χ1) is 5.15. The molecule has 1 heterocycles. The van der Waals surface area contributed by atoms with Crippen LogP contribution in [-0.2, 0) is 0 Å². The van der Waals surface area contributed by atoms with Gasteiger partial charge < -0.3 is 0 Å². The molecule has 1 rings (SSSR count). The minimum Gasteiger partial charge on any atom is -0.298 e. The fraction of sp³-hybridized carbons (Fsp3) is 0.333. The monoisotopic (exact) mass is 160 g/mol. The van der Waals surface area contributed by atoms with Gasteiger partial charge in [-0.05, 0) is 6.92 Å². The average Bonchev–Trinajstić information content (AvgIpc) is 2.31. The molecule has 0 atom stereocenters. The highest BCUT2D eigenvalue weighted by atomic mass is 19.3. The van der Waals surface area contributed by atoms with Gasteiger partial charge >= 0.3 is 6.55 Å². The first-order valence-corrected chi connectivity index (χ1v) is 2.94. The van der Waals surface area contributed by atoms with Gasteiger partial charge in [0.05, 0.1) is 11.3 Å². The molecular formula is C6H6F2N2O. The number of aryl methyl sites for hydroxylation is 1. The van der Waals surface area contributed by atoms with Crippen LogP contribution in [0.5, 0.6) is 0 Å². The van der Waals surface area contributed by atoms with Crippen LogP contribution in [0.2, 0.25) is 0 Å². The maximum absolute atomic E-state index is 11.9. The molecule has 1 aromatic rings. The molecule has 3 nitrogen and oxygen atoms in total. The molecule has 1 aromatic heterocycles. The second-order valence-electron chi connectivity index (χ2n) is 2.05. The molecular weight excluding hydrogens is 154 g/mol. The number of carbonyl (C=O) groups is 1. The summed E-state index contributed by atoms with van der Waals surface area (Å²) in [5.41, 5.74) is 0.519. The van der Waals surface area contributed by atoms with E-state index in [9.17, 15) is 13.6 Å². The van der Waals surface area contributed by atoms with Gasteiger partial charge in [-0.15, -0.1) is 0 Å². The Hall–Kier alpha value is -1.26. The SMILES string of the molecule is Cc1nn(C(F)F)cc1C=O. The summed E-state index contributed by atoms with van der Waals surface area (Å²) >= 11 is 0. The summed E-state index contributed by atoms with van der Waals surface area (Å²) in [5, 5.41) is 3.42. The molecule has 0 aliphatic heterocycles. The topological polar surface area (TPSA) is 34.9 Å². The van der Waals surface area contributed by atoms with Gasteiger partial charge in [-0.1, -0.05) is 0 Å². The summed E-state index contributed by atoms with van der Waals surface area (Å²) in [4.78, 5) is 10.2. The van der Waals surface area contributed by atoms with E-state index in [0.29, 0.717) is 16.7 Å². The smallest absolute Gasteiger partial charge is 0.298 e. The summed E-state index contributed by atoms with van der Waals surface area (Å²) < 4.78 is 24.2. The minimum absolute atomic E-state index is 0.199. The fourth-order valence-electron chi connectivity index (χ4n) is 0.711. The highest BCUT2D eigenvalue weighted by Crippen LogP contribution is 2.11. The Morgan fingerprint density at radius 1 is 1.73 bits per heavy atom. The van der Waals surface area contributed by atoms with Gasteiger partial charge in [0, 0.05) is 6.20 Å². The maximum atomic E-state index is 11.9. The third-order valence-corrected chi connectivity index (χ3v) is 1.28. The predicted octanol–water partition coefficient (Wildman–Crippen LogP) is 1.40. The first kappa shape index (κ1) is 7.84. The highest BCUT2D eigenvalue weighted by molar-refractivity contribution is 5.75. The lowest BCUT2D eigenvalue weighted by atomic mass is 10.3. The van der Waals surface area contributed by atoms with Crippen LogP contribution in [0.15, 0.2) is 6.20 Å². The van der Waals surface area contributed by atoms with Gasteiger partial charge in [0.15, 0.2) is 6.29 Å². The van der Waals surface area contributed by atoms with E-state index in [1.54, 1.807) is 0 Å². The van der Waals surface area contributed by atoms with Crippen LogP contribution in [0.3, 0.4) is 0 Å². The molecule has 0 spiro atoms. The third-order valence-electron chi connectivity index (χ3n) is 1.28. The van der Waals surface area contributed by atoms with E-state index < -0.39 is 6.55 Å². The second-order valence-corrected chi connectivity index (χ2v) is 2.05. The standard InChI is InChI=1S/C6H6F2N2O/c1-4-5(3-11)2-10(9-4)6(7)8/h2-3,6H,1H3. The van der Waals surface area contributed by atoms with Crippen molar-refractivity contribution in [2.24, 2.45) is 0 Å². The highest BCUT2D eigenvalue weighted by Gasteiger charge is 2.09. The summed E-state index contributed by atoms with van der Waals surface area (Å²) in [7, 11) is 0. The number of hydrogen-bond acceptors (Lipinski definition) is 2. The Bertz CT molecular complexity index is 270. The number of nitrogens with zero attached hydrogens (tertiary/aromatic N) is 2.